The number of aryl methyl sites for hydroxylation is 1. The van der Waals surface area contributed by atoms with E-state index >= 15 is 0 Å². The Morgan fingerprint density at radius 3 is 2.72 bits per heavy atom. The number of hydrogen-bond acceptors (Lipinski definition) is 3. The van der Waals surface area contributed by atoms with Crippen LogP contribution in [0, 0.1) is 6.92 Å². The predicted octanol–water partition coefficient (Wildman–Crippen LogP) is 2.01. The number of carbonyl (C=O) groups is 1. The summed E-state index contributed by atoms with van der Waals surface area (Å²) < 4.78 is 0. The number of rotatable bonds is 5. The summed E-state index contributed by atoms with van der Waals surface area (Å²) in [6.07, 6.45) is 1.41. The molecule has 1 aliphatic rings. The van der Waals surface area contributed by atoms with Crippen molar-refractivity contribution in [2.75, 3.05) is 32.1 Å². The third-order valence-electron chi connectivity index (χ3n) is 4.20. The van der Waals surface area contributed by atoms with Gasteiger partial charge in [-0.05, 0) is 43.5 Å². The fraction of sp³-hybridized carbons (Fsp3) is 0.556. The van der Waals surface area contributed by atoms with Crippen LogP contribution in [0.4, 0.5) is 5.69 Å². The fourth-order valence-corrected chi connectivity index (χ4v) is 2.67. The topological polar surface area (TPSA) is 68.8 Å². The molecule has 0 radical (unpaired) electrons. The lowest BCUT2D eigenvalue weighted by Crippen LogP contribution is -2.51. The first-order valence-corrected chi connectivity index (χ1v) is 8.58. The SMILES string of the molecule is CCNC(=NCc1ccc(N(C)C)cc1C)NC1CCC(=O)NC1.I. The molecule has 1 aromatic carbocycles. The molecule has 1 unspecified atom stereocenters. The van der Waals surface area contributed by atoms with Gasteiger partial charge in [-0.2, -0.15) is 0 Å². The van der Waals surface area contributed by atoms with Gasteiger partial charge >= 0.3 is 0 Å². The van der Waals surface area contributed by atoms with Crippen molar-refractivity contribution in [2.24, 2.45) is 4.99 Å². The molecule has 0 saturated carbocycles. The molecule has 1 atom stereocenters. The van der Waals surface area contributed by atoms with Gasteiger partial charge in [-0.3, -0.25) is 4.79 Å². The van der Waals surface area contributed by atoms with E-state index in [1.807, 2.05) is 14.1 Å². The maximum Gasteiger partial charge on any atom is 0.220 e. The molecule has 2 rings (SSSR count). The molecule has 140 valence electrons. The number of carbonyl (C=O) groups excluding carboxylic acids is 1. The van der Waals surface area contributed by atoms with E-state index in [2.05, 4.69) is 52.9 Å². The Balaban J connectivity index is 0.00000312. The summed E-state index contributed by atoms with van der Waals surface area (Å²) in [5.41, 5.74) is 3.66. The minimum atomic E-state index is 0. The molecule has 25 heavy (non-hydrogen) atoms. The molecule has 1 saturated heterocycles. The number of hydrogen-bond donors (Lipinski definition) is 3. The minimum Gasteiger partial charge on any atom is -0.378 e. The molecule has 6 nitrogen and oxygen atoms in total. The van der Waals surface area contributed by atoms with Crippen molar-refractivity contribution in [1.82, 2.24) is 16.0 Å². The monoisotopic (exact) mass is 459 g/mol. The molecule has 7 heteroatoms. The van der Waals surface area contributed by atoms with Gasteiger partial charge in [-0.15, -0.1) is 24.0 Å². The average molecular weight is 459 g/mol. The summed E-state index contributed by atoms with van der Waals surface area (Å²) in [5, 5.41) is 9.58. The molecule has 1 aliphatic heterocycles. The zero-order valence-electron chi connectivity index (χ0n) is 15.6. The molecule has 0 aromatic heterocycles. The van der Waals surface area contributed by atoms with Gasteiger partial charge in [0, 0.05) is 45.3 Å². The largest absolute Gasteiger partial charge is 0.378 e. The van der Waals surface area contributed by atoms with Crippen LogP contribution in [0.3, 0.4) is 0 Å². The fourth-order valence-electron chi connectivity index (χ4n) is 2.67. The van der Waals surface area contributed by atoms with Crippen LogP contribution in [0.2, 0.25) is 0 Å². The van der Waals surface area contributed by atoms with Gasteiger partial charge in [-0.1, -0.05) is 6.07 Å². The molecule has 0 aliphatic carbocycles. The van der Waals surface area contributed by atoms with Gasteiger partial charge < -0.3 is 20.9 Å². The number of anilines is 1. The zero-order valence-corrected chi connectivity index (χ0v) is 17.9. The van der Waals surface area contributed by atoms with E-state index < -0.39 is 0 Å². The number of aliphatic imine (C=N–C) groups is 1. The van der Waals surface area contributed by atoms with Crippen LogP contribution in [0.25, 0.3) is 0 Å². The Morgan fingerprint density at radius 1 is 1.40 bits per heavy atom. The number of nitrogens with zero attached hydrogens (tertiary/aromatic N) is 2. The van der Waals surface area contributed by atoms with Gasteiger partial charge in [-0.25, -0.2) is 4.99 Å². The van der Waals surface area contributed by atoms with Crippen LogP contribution in [-0.4, -0.2) is 45.1 Å². The Morgan fingerprint density at radius 2 is 2.16 bits per heavy atom. The molecule has 3 N–H and O–H groups in total. The molecule has 0 bridgehead atoms. The highest BCUT2D eigenvalue weighted by Crippen LogP contribution is 2.18. The first-order chi connectivity index (χ1) is 11.5. The summed E-state index contributed by atoms with van der Waals surface area (Å²) in [4.78, 5) is 18.1. The van der Waals surface area contributed by atoms with E-state index in [-0.39, 0.29) is 35.9 Å². The van der Waals surface area contributed by atoms with Crippen LogP contribution in [0.5, 0.6) is 0 Å². The first kappa shape index (κ1) is 21.5. The lowest BCUT2D eigenvalue weighted by molar-refractivity contribution is -0.122. The highest BCUT2D eigenvalue weighted by Gasteiger charge is 2.18. The third-order valence-corrected chi connectivity index (χ3v) is 4.20. The zero-order chi connectivity index (χ0) is 17.5. The van der Waals surface area contributed by atoms with Crippen LogP contribution in [0.15, 0.2) is 23.2 Å². The van der Waals surface area contributed by atoms with E-state index in [0.29, 0.717) is 19.5 Å². The van der Waals surface area contributed by atoms with Gasteiger partial charge in [0.2, 0.25) is 5.91 Å². The smallest absolute Gasteiger partial charge is 0.220 e. The Kier molecular flexibility index (Phi) is 9.02. The summed E-state index contributed by atoms with van der Waals surface area (Å²) in [5.74, 6) is 0.932. The van der Waals surface area contributed by atoms with E-state index in [1.165, 1.54) is 16.8 Å². The molecule has 1 heterocycles. The van der Waals surface area contributed by atoms with E-state index in [4.69, 9.17) is 4.99 Å². The second-order valence-electron chi connectivity index (χ2n) is 6.38. The van der Waals surface area contributed by atoms with Crippen molar-refractivity contribution in [3.05, 3.63) is 29.3 Å². The normalized spacial score (nSPS) is 17.4. The molecule has 1 fully saturated rings. The molecule has 1 amide bonds. The van der Waals surface area contributed by atoms with Gasteiger partial charge in [0.25, 0.3) is 0 Å². The lowest BCUT2D eigenvalue weighted by atomic mass is 10.1. The van der Waals surface area contributed by atoms with Gasteiger partial charge in [0.1, 0.15) is 0 Å². The first-order valence-electron chi connectivity index (χ1n) is 8.58. The maximum absolute atomic E-state index is 11.3. The summed E-state index contributed by atoms with van der Waals surface area (Å²) in [6.45, 7) is 6.27. The van der Waals surface area contributed by atoms with Crippen molar-refractivity contribution in [2.45, 2.75) is 39.3 Å². The van der Waals surface area contributed by atoms with Crippen molar-refractivity contribution in [1.29, 1.82) is 0 Å². The number of amides is 1. The number of piperidine rings is 1. The number of benzene rings is 1. The molecular formula is C18H30IN5O. The molecule has 0 spiro atoms. The van der Waals surface area contributed by atoms with Crippen molar-refractivity contribution >= 4 is 41.5 Å². The van der Waals surface area contributed by atoms with Crippen LogP contribution < -0.4 is 20.9 Å². The van der Waals surface area contributed by atoms with Crippen LogP contribution in [-0.2, 0) is 11.3 Å². The third kappa shape index (κ3) is 6.72. The maximum atomic E-state index is 11.3. The summed E-state index contributed by atoms with van der Waals surface area (Å²) in [7, 11) is 4.09. The predicted molar refractivity (Wildman–Crippen MR) is 115 cm³/mol. The second kappa shape index (κ2) is 10.5. The van der Waals surface area contributed by atoms with Crippen LogP contribution >= 0.6 is 24.0 Å². The number of guanidine groups is 1. The highest BCUT2D eigenvalue weighted by molar-refractivity contribution is 14.0. The quantitative estimate of drug-likeness (QED) is 0.358. The van der Waals surface area contributed by atoms with E-state index in [0.717, 1.165) is 18.9 Å². The second-order valence-corrected chi connectivity index (χ2v) is 6.38. The minimum absolute atomic E-state index is 0. The summed E-state index contributed by atoms with van der Waals surface area (Å²) >= 11 is 0. The number of halogens is 1. The van der Waals surface area contributed by atoms with Crippen molar-refractivity contribution in [3.63, 3.8) is 0 Å². The van der Waals surface area contributed by atoms with E-state index in [1.54, 1.807) is 0 Å². The molecular weight excluding hydrogens is 429 g/mol. The Bertz CT molecular complexity index is 593. The average Bonchev–Trinajstić information content (AvgIpc) is 2.55. The lowest BCUT2D eigenvalue weighted by Gasteiger charge is -2.25. The van der Waals surface area contributed by atoms with E-state index in [9.17, 15) is 4.79 Å². The van der Waals surface area contributed by atoms with Gasteiger partial charge in [0.15, 0.2) is 5.96 Å². The molecule has 1 aromatic rings. The Hall–Kier alpha value is -1.51. The van der Waals surface area contributed by atoms with Crippen molar-refractivity contribution in [3.8, 4) is 0 Å². The summed E-state index contributed by atoms with van der Waals surface area (Å²) in [6, 6.07) is 6.67. The van der Waals surface area contributed by atoms with Gasteiger partial charge in [0.05, 0.1) is 6.54 Å². The highest BCUT2D eigenvalue weighted by atomic mass is 127. The Labute approximate surface area is 167 Å². The van der Waals surface area contributed by atoms with Crippen molar-refractivity contribution < 1.29 is 4.79 Å². The van der Waals surface area contributed by atoms with Crippen LogP contribution in [0.1, 0.15) is 30.9 Å². The number of nitrogens with one attached hydrogen (secondary N) is 3. The standard InChI is InChI=1S/C18H29N5O.HI/c1-5-19-18(22-15-7-9-17(24)20-12-15)21-11-14-6-8-16(23(3)4)10-13(14)2;/h6,8,10,15H,5,7,9,11-12H2,1-4H3,(H,20,24)(H2,19,21,22);1H.